The van der Waals surface area contributed by atoms with Crippen molar-refractivity contribution in [3.8, 4) is 11.5 Å². The van der Waals surface area contributed by atoms with Crippen LogP contribution in [0.2, 0.25) is 0 Å². The highest BCUT2D eigenvalue weighted by atomic mass is 16.5. The molecular formula is C22H26N2O4. The number of amides is 2. The van der Waals surface area contributed by atoms with Crippen LogP contribution in [0.25, 0.3) is 0 Å². The average Bonchev–Trinajstić information content (AvgIpc) is 2.68. The molecule has 6 heteroatoms. The molecule has 0 aromatic heterocycles. The highest BCUT2D eigenvalue weighted by Gasteiger charge is 2.25. The van der Waals surface area contributed by atoms with Gasteiger partial charge < -0.3 is 19.7 Å². The topological polar surface area (TPSA) is 67.9 Å². The maximum Gasteiger partial charge on any atom is 0.265 e. The molecule has 0 aliphatic carbocycles. The van der Waals surface area contributed by atoms with Gasteiger partial charge in [-0.05, 0) is 37.6 Å². The van der Waals surface area contributed by atoms with Crippen LogP contribution in [0, 0.1) is 12.8 Å². The molecular weight excluding hydrogens is 356 g/mol. The van der Waals surface area contributed by atoms with E-state index in [1.54, 1.807) is 17.0 Å². The molecule has 1 N–H and O–H groups in total. The predicted molar refractivity (Wildman–Crippen MR) is 109 cm³/mol. The first-order chi connectivity index (χ1) is 13.4. The Balaban J connectivity index is 1.60. The fourth-order valence-corrected chi connectivity index (χ4v) is 2.86. The highest BCUT2D eigenvalue weighted by Crippen LogP contribution is 2.34. The Morgan fingerprint density at radius 3 is 2.68 bits per heavy atom. The molecule has 1 aliphatic rings. The van der Waals surface area contributed by atoms with Gasteiger partial charge in [0.05, 0.1) is 12.3 Å². The number of nitrogens with one attached hydrogen (secondary N) is 1. The van der Waals surface area contributed by atoms with Crippen molar-refractivity contribution in [3.05, 3.63) is 48.0 Å². The lowest BCUT2D eigenvalue weighted by atomic mass is 10.1. The predicted octanol–water partition coefficient (Wildman–Crippen LogP) is 3.78. The van der Waals surface area contributed by atoms with E-state index in [0.29, 0.717) is 36.7 Å². The number of rotatable bonds is 7. The summed E-state index contributed by atoms with van der Waals surface area (Å²) in [5.74, 6) is 1.17. The van der Waals surface area contributed by atoms with Crippen LogP contribution < -0.4 is 19.7 Å². The zero-order valence-corrected chi connectivity index (χ0v) is 16.5. The smallest absolute Gasteiger partial charge is 0.265 e. The molecule has 2 amide bonds. The number of ether oxygens (including phenoxy) is 2. The summed E-state index contributed by atoms with van der Waals surface area (Å²) in [5, 5.41) is 2.85. The average molecular weight is 382 g/mol. The maximum atomic E-state index is 12.3. The fraction of sp³-hybridized carbons (Fsp3) is 0.364. The number of benzene rings is 2. The van der Waals surface area contributed by atoms with Crippen molar-refractivity contribution in [3.63, 3.8) is 0 Å². The molecule has 0 saturated heterocycles. The molecule has 0 fully saturated rings. The first-order valence-electron chi connectivity index (χ1n) is 9.51. The van der Waals surface area contributed by atoms with Crippen LogP contribution in [-0.2, 0) is 9.59 Å². The molecule has 1 heterocycles. The number of anilines is 2. The fourth-order valence-electron chi connectivity index (χ4n) is 2.86. The summed E-state index contributed by atoms with van der Waals surface area (Å²) in [6, 6.07) is 13.3. The molecule has 0 unspecified atom stereocenters. The van der Waals surface area contributed by atoms with Gasteiger partial charge in [-0.2, -0.15) is 0 Å². The van der Waals surface area contributed by atoms with E-state index < -0.39 is 0 Å². The molecule has 6 nitrogen and oxygen atoms in total. The van der Waals surface area contributed by atoms with Crippen LogP contribution in [0.15, 0.2) is 42.5 Å². The third-order valence-electron chi connectivity index (χ3n) is 4.51. The second-order valence-electron chi connectivity index (χ2n) is 7.18. The van der Waals surface area contributed by atoms with Gasteiger partial charge in [0.25, 0.3) is 5.91 Å². The summed E-state index contributed by atoms with van der Waals surface area (Å²) in [7, 11) is 0. The Morgan fingerprint density at radius 1 is 1.21 bits per heavy atom. The minimum absolute atomic E-state index is 0.00655. The van der Waals surface area contributed by atoms with Crippen LogP contribution in [0.1, 0.15) is 25.8 Å². The zero-order valence-electron chi connectivity index (χ0n) is 16.5. The first-order valence-corrected chi connectivity index (χ1v) is 9.51. The third kappa shape index (κ3) is 4.82. The van der Waals surface area contributed by atoms with Gasteiger partial charge in [-0.1, -0.05) is 31.5 Å². The van der Waals surface area contributed by atoms with Crippen molar-refractivity contribution >= 4 is 23.2 Å². The van der Waals surface area contributed by atoms with E-state index >= 15 is 0 Å². The second kappa shape index (κ2) is 8.78. The monoisotopic (exact) mass is 382 g/mol. The molecule has 3 rings (SSSR count). The van der Waals surface area contributed by atoms with Crippen LogP contribution in [0.3, 0.4) is 0 Å². The number of hydrogen-bond donors (Lipinski definition) is 1. The summed E-state index contributed by atoms with van der Waals surface area (Å²) in [6.45, 7) is 6.76. The third-order valence-corrected chi connectivity index (χ3v) is 4.51. The molecule has 28 heavy (non-hydrogen) atoms. The lowest BCUT2D eigenvalue weighted by Crippen LogP contribution is -2.39. The van der Waals surface area contributed by atoms with E-state index in [1.165, 1.54) is 5.56 Å². The van der Waals surface area contributed by atoms with Gasteiger partial charge in [-0.3, -0.25) is 9.59 Å². The van der Waals surface area contributed by atoms with E-state index in [9.17, 15) is 9.59 Å². The van der Waals surface area contributed by atoms with Crippen molar-refractivity contribution < 1.29 is 19.1 Å². The van der Waals surface area contributed by atoms with Crippen LogP contribution in [0.4, 0.5) is 11.4 Å². The maximum absolute atomic E-state index is 12.3. The van der Waals surface area contributed by atoms with Gasteiger partial charge in [0.2, 0.25) is 5.91 Å². The van der Waals surface area contributed by atoms with Gasteiger partial charge in [0, 0.05) is 24.2 Å². The summed E-state index contributed by atoms with van der Waals surface area (Å²) >= 11 is 0. The van der Waals surface area contributed by atoms with E-state index in [1.807, 2.05) is 51.1 Å². The standard InChI is InChI=1S/C22H26N2O4/c1-15(2)22(26)23-17-7-10-19-20(13-17)28-14-21(25)24(19)11-4-12-27-18-8-5-16(3)6-9-18/h5-10,13,15H,4,11-12,14H2,1-3H3,(H,23,26). The molecule has 0 saturated carbocycles. The summed E-state index contributed by atoms with van der Waals surface area (Å²) in [4.78, 5) is 25.9. The Labute approximate surface area is 165 Å². The van der Waals surface area contributed by atoms with Gasteiger partial charge in [0.15, 0.2) is 6.61 Å². The quantitative estimate of drug-likeness (QED) is 0.740. The van der Waals surface area contributed by atoms with Crippen LogP contribution in [0.5, 0.6) is 11.5 Å². The van der Waals surface area contributed by atoms with Gasteiger partial charge >= 0.3 is 0 Å². The number of carbonyl (C=O) groups is 2. The Morgan fingerprint density at radius 2 is 1.96 bits per heavy atom. The van der Waals surface area contributed by atoms with Gasteiger partial charge in [0.1, 0.15) is 11.5 Å². The van der Waals surface area contributed by atoms with Crippen molar-refractivity contribution in [1.82, 2.24) is 0 Å². The highest BCUT2D eigenvalue weighted by molar-refractivity contribution is 5.99. The number of nitrogens with zero attached hydrogens (tertiary/aromatic N) is 1. The number of fused-ring (bicyclic) bond motifs is 1. The first kappa shape index (κ1) is 19.7. The van der Waals surface area contributed by atoms with E-state index in [2.05, 4.69) is 5.32 Å². The van der Waals surface area contributed by atoms with Gasteiger partial charge in [-0.15, -0.1) is 0 Å². The molecule has 148 valence electrons. The van der Waals surface area contributed by atoms with Crippen molar-refractivity contribution in [2.75, 3.05) is 30.0 Å². The Bertz CT molecular complexity index is 846. The minimum Gasteiger partial charge on any atom is -0.494 e. The van der Waals surface area contributed by atoms with Gasteiger partial charge in [-0.25, -0.2) is 0 Å². The molecule has 2 aromatic carbocycles. The summed E-state index contributed by atoms with van der Waals surface area (Å²) in [5.41, 5.74) is 2.57. The summed E-state index contributed by atoms with van der Waals surface area (Å²) in [6.07, 6.45) is 0.699. The molecule has 0 spiro atoms. The lowest BCUT2D eigenvalue weighted by molar-refractivity contribution is -0.121. The lowest BCUT2D eigenvalue weighted by Gasteiger charge is -2.29. The van der Waals surface area contributed by atoms with Crippen LogP contribution >= 0.6 is 0 Å². The molecule has 0 bridgehead atoms. The van der Waals surface area contributed by atoms with E-state index in [0.717, 1.165) is 5.75 Å². The summed E-state index contributed by atoms with van der Waals surface area (Å²) < 4.78 is 11.3. The largest absolute Gasteiger partial charge is 0.494 e. The van der Waals surface area contributed by atoms with Crippen molar-refractivity contribution in [2.45, 2.75) is 27.2 Å². The molecule has 2 aromatic rings. The molecule has 0 atom stereocenters. The number of hydrogen-bond acceptors (Lipinski definition) is 4. The van der Waals surface area contributed by atoms with Crippen LogP contribution in [-0.4, -0.2) is 31.6 Å². The SMILES string of the molecule is Cc1ccc(OCCCN2C(=O)COc3cc(NC(=O)C(C)C)ccc32)cc1. The minimum atomic E-state index is -0.108. The molecule has 0 radical (unpaired) electrons. The zero-order chi connectivity index (χ0) is 20.1. The molecule has 1 aliphatic heterocycles. The van der Waals surface area contributed by atoms with Crippen molar-refractivity contribution in [2.24, 2.45) is 5.92 Å². The Kier molecular flexibility index (Phi) is 6.19. The number of aryl methyl sites for hydroxylation is 1. The Hall–Kier alpha value is -3.02. The second-order valence-corrected chi connectivity index (χ2v) is 7.18. The van der Waals surface area contributed by atoms with Crippen molar-refractivity contribution in [1.29, 1.82) is 0 Å². The van der Waals surface area contributed by atoms with E-state index in [4.69, 9.17) is 9.47 Å². The number of carbonyl (C=O) groups excluding carboxylic acids is 2. The normalized spacial score (nSPS) is 13.1. The van der Waals surface area contributed by atoms with E-state index in [-0.39, 0.29) is 24.3 Å².